The van der Waals surface area contributed by atoms with Gasteiger partial charge in [0.2, 0.25) is 0 Å². The van der Waals surface area contributed by atoms with Gasteiger partial charge in [-0.05, 0) is 34.2 Å². The Morgan fingerprint density at radius 2 is 2.09 bits per heavy atom. The molecule has 1 aliphatic rings. The Hall–Kier alpha value is -2.01. The van der Waals surface area contributed by atoms with Gasteiger partial charge < -0.3 is 5.73 Å². The zero-order valence-electron chi connectivity index (χ0n) is 12.9. The molecule has 0 fully saturated rings. The van der Waals surface area contributed by atoms with Gasteiger partial charge in [-0.15, -0.1) is 0 Å². The molecular weight excluding hydrogens is 302 g/mol. The van der Waals surface area contributed by atoms with Gasteiger partial charge in [-0.2, -0.15) is 11.3 Å². The molecule has 3 heterocycles. The fourth-order valence-corrected chi connectivity index (χ4v) is 3.85. The molecular formula is C19H19N3S. The summed E-state index contributed by atoms with van der Waals surface area (Å²) in [6.07, 6.45) is 1.99. The van der Waals surface area contributed by atoms with E-state index < -0.39 is 0 Å². The lowest BCUT2D eigenvalue weighted by atomic mass is 9.96. The van der Waals surface area contributed by atoms with E-state index in [2.05, 4.69) is 63.1 Å². The van der Waals surface area contributed by atoms with Crippen LogP contribution in [0.2, 0.25) is 0 Å². The number of thiophene rings is 1. The van der Waals surface area contributed by atoms with Crippen molar-refractivity contribution >= 4 is 11.3 Å². The average Bonchev–Trinajstić information content (AvgIpc) is 3.10. The molecule has 3 nitrogen and oxygen atoms in total. The molecule has 4 rings (SSSR count). The van der Waals surface area contributed by atoms with Crippen LogP contribution in [-0.2, 0) is 13.1 Å². The molecule has 0 spiro atoms. The van der Waals surface area contributed by atoms with E-state index in [0.717, 1.165) is 25.3 Å². The second-order valence-corrected chi connectivity index (χ2v) is 6.82. The van der Waals surface area contributed by atoms with E-state index in [4.69, 9.17) is 5.73 Å². The van der Waals surface area contributed by atoms with Gasteiger partial charge in [0.1, 0.15) is 0 Å². The number of hydrogen-bond donors (Lipinski definition) is 1. The summed E-state index contributed by atoms with van der Waals surface area (Å²) in [6.45, 7) is 2.73. The van der Waals surface area contributed by atoms with Crippen LogP contribution in [0.1, 0.15) is 22.7 Å². The van der Waals surface area contributed by atoms with Gasteiger partial charge in [-0.25, -0.2) is 0 Å². The van der Waals surface area contributed by atoms with Crippen molar-refractivity contribution in [2.45, 2.75) is 19.1 Å². The van der Waals surface area contributed by atoms with E-state index in [1.54, 1.807) is 11.3 Å². The van der Waals surface area contributed by atoms with E-state index in [1.807, 2.05) is 6.20 Å². The van der Waals surface area contributed by atoms with Crippen LogP contribution in [0.25, 0.3) is 11.3 Å². The van der Waals surface area contributed by atoms with Crippen molar-refractivity contribution < 1.29 is 0 Å². The third-order valence-corrected chi connectivity index (χ3v) is 5.03. The monoisotopic (exact) mass is 321 g/mol. The topological polar surface area (TPSA) is 42.1 Å². The first kappa shape index (κ1) is 14.6. The van der Waals surface area contributed by atoms with Crippen LogP contribution in [0.3, 0.4) is 0 Å². The number of nitrogens with zero attached hydrogens (tertiary/aromatic N) is 2. The lowest BCUT2D eigenvalue weighted by Crippen LogP contribution is -2.36. The van der Waals surface area contributed by atoms with Crippen molar-refractivity contribution in [1.29, 1.82) is 0 Å². The van der Waals surface area contributed by atoms with Crippen LogP contribution in [0.4, 0.5) is 0 Å². The van der Waals surface area contributed by atoms with Gasteiger partial charge in [0.25, 0.3) is 0 Å². The van der Waals surface area contributed by atoms with E-state index in [-0.39, 0.29) is 6.04 Å². The number of hydrogen-bond acceptors (Lipinski definition) is 4. The van der Waals surface area contributed by atoms with Crippen LogP contribution < -0.4 is 5.73 Å². The van der Waals surface area contributed by atoms with Crippen molar-refractivity contribution in [3.63, 3.8) is 0 Å². The maximum atomic E-state index is 6.32. The third-order valence-electron chi connectivity index (χ3n) is 4.35. The minimum atomic E-state index is 0.0954. The number of benzene rings is 1. The predicted molar refractivity (Wildman–Crippen MR) is 95.0 cm³/mol. The van der Waals surface area contributed by atoms with E-state index >= 15 is 0 Å². The van der Waals surface area contributed by atoms with Crippen molar-refractivity contribution in [2.75, 3.05) is 6.54 Å². The molecule has 4 heteroatoms. The van der Waals surface area contributed by atoms with Crippen LogP contribution in [0, 0.1) is 0 Å². The summed E-state index contributed by atoms with van der Waals surface area (Å²) in [7, 11) is 0. The fraction of sp³-hybridized carbons (Fsp3) is 0.211. The molecule has 2 N–H and O–H groups in total. The van der Waals surface area contributed by atoms with Gasteiger partial charge in [-0.3, -0.25) is 9.88 Å². The van der Waals surface area contributed by atoms with Crippen LogP contribution in [0.15, 0.2) is 59.4 Å². The quantitative estimate of drug-likeness (QED) is 0.797. The van der Waals surface area contributed by atoms with Crippen molar-refractivity contribution in [3.05, 3.63) is 76.1 Å². The molecule has 2 aromatic heterocycles. The van der Waals surface area contributed by atoms with Gasteiger partial charge in [0, 0.05) is 42.8 Å². The lowest BCUT2D eigenvalue weighted by molar-refractivity contribution is 0.223. The number of pyridine rings is 1. The molecule has 0 bridgehead atoms. The summed E-state index contributed by atoms with van der Waals surface area (Å²) in [4.78, 5) is 7.00. The Morgan fingerprint density at radius 1 is 1.17 bits per heavy atom. The number of rotatable bonds is 3. The minimum Gasteiger partial charge on any atom is -0.323 e. The van der Waals surface area contributed by atoms with Crippen LogP contribution >= 0.6 is 11.3 Å². The fourth-order valence-electron chi connectivity index (χ4n) is 3.20. The molecule has 1 aliphatic heterocycles. The highest BCUT2D eigenvalue weighted by molar-refractivity contribution is 7.08. The average molecular weight is 321 g/mol. The second kappa shape index (κ2) is 6.24. The lowest BCUT2D eigenvalue weighted by Gasteiger charge is -2.32. The Bertz CT molecular complexity index is 781. The normalized spacial score (nSPS) is 17.9. The molecule has 0 aliphatic carbocycles. The first-order valence-electron chi connectivity index (χ1n) is 7.83. The van der Waals surface area contributed by atoms with Crippen molar-refractivity contribution in [1.82, 2.24) is 9.88 Å². The zero-order valence-corrected chi connectivity index (χ0v) is 13.7. The van der Waals surface area contributed by atoms with Crippen LogP contribution in [-0.4, -0.2) is 16.4 Å². The standard InChI is InChI=1S/C19H19N3S/c20-18-12-22(11-15-3-1-2-4-17(15)18)10-14-5-6-19(21-9-14)16-7-8-23-13-16/h1-9,13,18H,10-12,20H2. The summed E-state index contributed by atoms with van der Waals surface area (Å²) in [5.74, 6) is 0. The van der Waals surface area contributed by atoms with Crippen molar-refractivity contribution in [3.8, 4) is 11.3 Å². The third kappa shape index (κ3) is 3.06. The predicted octanol–water partition coefficient (Wildman–Crippen LogP) is 3.83. The number of fused-ring (bicyclic) bond motifs is 1. The van der Waals surface area contributed by atoms with E-state index in [9.17, 15) is 0 Å². The first-order chi connectivity index (χ1) is 11.3. The molecule has 0 radical (unpaired) electrons. The molecule has 0 amide bonds. The van der Waals surface area contributed by atoms with Gasteiger partial charge in [0.05, 0.1) is 5.69 Å². The first-order valence-corrected chi connectivity index (χ1v) is 8.77. The van der Waals surface area contributed by atoms with E-state index in [0.29, 0.717) is 0 Å². The van der Waals surface area contributed by atoms with Crippen molar-refractivity contribution in [2.24, 2.45) is 5.73 Å². The smallest absolute Gasteiger partial charge is 0.0710 e. The molecule has 1 unspecified atom stereocenters. The second-order valence-electron chi connectivity index (χ2n) is 6.04. The number of nitrogens with two attached hydrogens (primary N) is 1. The summed E-state index contributed by atoms with van der Waals surface area (Å²) in [5.41, 5.74) is 12.4. The van der Waals surface area contributed by atoms with Gasteiger partial charge in [0.15, 0.2) is 0 Å². The maximum Gasteiger partial charge on any atom is 0.0710 e. The van der Waals surface area contributed by atoms with Crippen LogP contribution in [0.5, 0.6) is 0 Å². The molecule has 3 aromatic rings. The minimum absolute atomic E-state index is 0.0954. The molecule has 0 saturated heterocycles. The summed E-state index contributed by atoms with van der Waals surface area (Å²) in [6, 6.07) is 15.0. The van der Waals surface area contributed by atoms with E-state index in [1.165, 1.54) is 22.3 Å². The summed E-state index contributed by atoms with van der Waals surface area (Å²) >= 11 is 1.70. The van der Waals surface area contributed by atoms with Gasteiger partial charge >= 0.3 is 0 Å². The maximum absolute atomic E-state index is 6.32. The molecule has 0 saturated carbocycles. The molecule has 23 heavy (non-hydrogen) atoms. The largest absolute Gasteiger partial charge is 0.323 e. The van der Waals surface area contributed by atoms with Gasteiger partial charge in [-0.1, -0.05) is 30.3 Å². The Balaban J connectivity index is 1.49. The Morgan fingerprint density at radius 3 is 2.87 bits per heavy atom. The zero-order chi connectivity index (χ0) is 15.6. The Kier molecular flexibility index (Phi) is 3.95. The summed E-state index contributed by atoms with van der Waals surface area (Å²) < 4.78 is 0. The molecule has 1 atom stereocenters. The molecule has 116 valence electrons. The highest BCUT2D eigenvalue weighted by Gasteiger charge is 2.22. The highest BCUT2D eigenvalue weighted by Crippen LogP contribution is 2.26. The summed E-state index contributed by atoms with van der Waals surface area (Å²) in [5, 5.41) is 4.21. The highest BCUT2D eigenvalue weighted by atomic mass is 32.1. The number of aromatic nitrogens is 1. The SMILES string of the molecule is NC1CN(Cc2ccc(-c3ccsc3)nc2)Cc2ccccc21. The molecule has 1 aromatic carbocycles. The Labute approximate surface area is 140 Å².